The largest absolute Gasteiger partial charge is 0.488 e. The number of alkyl halides is 1. The normalized spacial score (nSPS) is 14.2. The number of ether oxygens (including phenoxy) is 1. The number of carbonyl (C=O) groups excluding carboxylic acids is 2. The van der Waals surface area contributed by atoms with Crippen LogP contribution in [0.25, 0.3) is 22.2 Å². The van der Waals surface area contributed by atoms with E-state index in [0.717, 1.165) is 23.2 Å². The first kappa shape index (κ1) is 26.6. The highest BCUT2D eigenvalue weighted by atomic mass is 19.1. The molecule has 2 aromatic heterocycles. The summed E-state index contributed by atoms with van der Waals surface area (Å²) in [6, 6.07) is 10.2. The Morgan fingerprint density at radius 1 is 1.16 bits per heavy atom. The molecule has 0 aliphatic carbocycles. The SMILES string of the molecule is CCc1ccc(-c2cc3c(OCCF)c(C(=O)NC4CCN(C(=O)CO)CC4)n(C)c3nc2CC)cc1. The van der Waals surface area contributed by atoms with Gasteiger partial charge in [0.1, 0.15) is 25.5 Å². The highest BCUT2D eigenvalue weighted by Crippen LogP contribution is 2.36. The maximum atomic E-state index is 13.5. The van der Waals surface area contributed by atoms with Crippen LogP contribution >= 0.6 is 0 Å². The molecule has 0 spiro atoms. The van der Waals surface area contributed by atoms with Crippen LogP contribution in [0.3, 0.4) is 0 Å². The van der Waals surface area contributed by atoms with Crippen LogP contribution in [-0.4, -0.2) is 70.4 Å². The van der Waals surface area contributed by atoms with Crippen molar-refractivity contribution in [2.24, 2.45) is 7.05 Å². The summed E-state index contributed by atoms with van der Waals surface area (Å²) in [5.74, 6) is -0.311. The van der Waals surface area contributed by atoms with Crippen LogP contribution in [0.1, 0.15) is 48.4 Å². The molecule has 37 heavy (non-hydrogen) atoms. The van der Waals surface area contributed by atoms with Gasteiger partial charge < -0.3 is 24.6 Å². The third kappa shape index (κ3) is 5.46. The number of carbonyl (C=O) groups is 2. The highest BCUT2D eigenvalue weighted by molar-refractivity contribution is 6.04. The van der Waals surface area contributed by atoms with E-state index < -0.39 is 13.3 Å². The highest BCUT2D eigenvalue weighted by Gasteiger charge is 2.29. The summed E-state index contributed by atoms with van der Waals surface area (Å²) in [5.41, 5.74) is 5.04. The predicted octanol–water partition coefficient (Wildman–Crippen LogP) is 3.43. The first-order valence-electron chi connectivity index (χ1n) is 12.9. The summed E-state index contributed by atoms with van der Waals surface area (Å²) >= 11 is 0. The number of hydrogen-bond acceptors (Lipinski definition) is 5. The summed E-state index contributed by atoms with van der Waals surface area (Å²) < 4.78 is 20.7. The van der Waals surface area contributed by atoms with E-state index in [1.165, 1.54) is 5.56 Å². The van der Waals surface area contributed by atoms with Crippen LogP contribution < -0.4 is 10.1 Å². The number of pyridine rings is 1. The van der Waals surface area contributed by atoms with Gasteiger partial charge in [-0.25, -0.2) is 9.37 Å². The molecule has 9 heteroatoms. The Bertz CT molecular complexity index is 1260. The lowest BCUT2D eigenvalue weighted by Crippen LogP contribution is -2.47. The number of amides is 2. The van der Waals surface area contributed by atoms with Crippen molar-refractivity contribution in [3.63, 3.8) is 0 Å². The monoisotopic (exact) mass is 510 g/mol. The molecule has 0 saturated carbocycles. The molecular weight excluding hydrogens is 475 g/mol. The van der Waals surface area contributed by atoms with Gasteiger partial charge in [0.05, 0.1) is 11.1 Å². The molecule has 4 rings (SSSR count). The van der Waals surface area contributed by atoms with E-state index in [0.29, 0.717) is 54.8 Å². The van der Waals surface area contributed by atoms with Gasteiger partial charge in [-0.15, -0.1) is 0 Å². The number of halogens is 1. The average molecular weight is 511 g/mol. The molecule has 1 aliphatic heterocycles. The van der Waals surface area contributed by atoms with Crippen LogP contribution in [0.2, 0.25) is 0 Å². The third-order valence-electron chi connectivity index (χ3n) is 7.06. The molecule has 0 radical (unpaired) electrons. The molecule has 3 heterocycles. The molecule has 198 valence electrons. The fraction of sp³-hybridized carbons (Fsp3) is 0.464. The molecule has 1 fully saturated rings. The van der Waals surface area contributed by atoms with Crippen molar-refractivity contribution in [1.29, 1.82) is 0 Å². The smallest absolute Gasteiger partial charge is 0.272 e. The second kappa shape index (κ2) is 11.7. The van der Waals surface area contributed by atoms with Crippen LogP contribution in [-0.2, 0) is 24.7 Å². The second-order valence-corrected chi connectivity index (χ2v) is 9.32. The Labute approximate surface area is 216 Å². The molecule has 1 aromatic carbocycles. The number of likely N-dealkylation sites (tertiary alicyclic amines) is 1. The van der Waals surface area contributed by atoms with E-state index in [9.17, 15) is 14.0 Å². The van der Waals surface area contributed by atoms with Crippen molar-refractivity contribution in [3.8, 4) is 16.9 Å². The minimum absolute atomic E-state index is 0.130. The number of rotatable bonds is 9. The standard InChI is InChI=1S/C28H35FN4O4/c1-4-18-6-8-19(9-7-18)21-16-22-26(37-15-12-29)25(32(3)27(22)31-23(21)5-2)28(36)30-20-10-13-33(14-11-20)24(35)17-34/h6-9,16,20,34H,4-5,10-15,17H2,1-3H3,(H,30,36). The maximum absolute atomic E-state index is 13.5. The Morgan fingerprint density at radius 3 is 2.46 bits per heavy atom. The molecule has 2 N–H and O–H groups in total. The zero-order valence-corrected chi connectivity index (χ0v) is 21.7. The van der Waals surface area contributed by atoms with Gasteiger partial charge in [-0.2, -0.15) is 0 Å². The fourth-order valence-electron chi connectivity index (χ4n) is 4.96. The predicted molar refractivity (Wildman–Crippen MR) is 141 cm³/mol. The van der Waals surface area contributed by atoms with Crippen molar-refractivity contribution in [1.82, 2.24) is 19.8 Å². The first-order chi connectivity index (χ1) is 17.9. The van der Waals surface area contributed by atoms with Gasteiger partial charge in [-0.1, -0.05) is 38.1 Å². The van der Waals surface area contributed by atoms with Crippen molar-refractivity contribution >= 4 is 22.8 Å². The summed E-state index contributed by atoms with van der Waals surface area (Å²) in [6.07, 6.45) is 2.82. The molecule has 0 bridgehead atoms. The fourth-order valence-corrected chi connectivity index (χ4v) is 4.96. The number of aliphatic hydroxyl groups excluding tert-OH is 1. The van der Waals surface area contributed by atoms with Gasteiger partial charge in [0.15, 0.2) is 11.4 Å². The van der Waals surface area contributed by atoms with E-state index in [1.807, 2.05) is 13.0 Å². The van der Waals surface area contributed by atoms with Gasteiger partial charge >= 0.3 is 0 Å². The van der Waals surface area contributed by atoms with Crippen LogP contribution in [0.15, 0.2) is 30.3 Å². The Morgan fingerprint density at radius 2 is 1.86 bits per heavy atom. The molecular formula is C28H35FN4O4. The summed E-state index contributed by atoms with van der Waals surface area (Å²) in [7, 11) is 1.77. The molecule has 0 unspecified atom stereocenters. The van der Waals surface area contributed by atoms with Crippen molar-refractivity contribution in [2.75, 3.05) is 33.0 Å². The van der Waals surface area contributed by atoms with Gasteiger partial charge in [-0.3, -0.25) is 9.59 Å². The Hall–Kier alpha value is -3.46. The van der Waals surface area contributed by atoms with Gasteiger partial charge in [0.2, 0.25) is 5.91 Å². The summed E-state index contributed by atoms with van der Waals surface area (Å²) in [6.45, 7) is 3.72. The van der Waals surface area contributed by atoms with E-state index in [2.05, 4.69) is 36.5 Å². The third-order valence-corrected chi connectivity index (χ3v) is 7.06. The average Bonchev–Trinajstić information content (AvgIpc) is 3.21. The van der Waals surface area contributed by atoms with Gasteiger partial charge in [0, 0.05) is 31.7 Å². The molecule has 8 nitrogen and oxygen atoms in total. The minimum Gasteiger partial charge on any atom is -0.488 e. The number of nitrogens with one attached hydrogen (secondary N) is 1. The lowest BCUT2D eigenvalue weighted by molar-refractivity contribution is -0.135. The Kier molecular flexibility index (Phi) is 8.43. The van der Waals surface area contributed by atoms with Crippen LogP contribution in [0, 0.1) is 0 Å². The zero-order chi connectivity index (χ0) is 26.5. The molecule has 3 aromatic rings. The second-order valence-electron chi connectivity index (χ2n) is 9.32. The lowest BCUT2D eigenvalue weighted by Gasteiger charge is -2.32. The number of nitrogens with zero attached hydrogens (tertiary/aromatic N) is 3. The molecule has 1 aliphatic rings. The van der Waals surface area contributed by atoms with Crippen molar-refractivity contribution in [3.05, 3.63) is 47.3 Å². The number of fused-ring (bicyclic) bond motifs is 1. The van der Waals surface area contributed by atoms with E-state index in [4.69, 9.17) is 14.8 Å². The van der Waals surface area contributed by atoms with Crippen molar-refractivity contribution < 1.29 is 23.8 Å². The molecule has 0 atom stereocenters. The van der Waals surface area contributed by atoms with Crippen molar-refractivity contribution in [2.45, 2.75) is 45.6 Å². The van der Waals surface area contributed by atoms with Gasteiger partial charge in [0.25, 0.3) is 5.91 Å². The topological polar surface area (TPSA) is 96.7 Å². The Balaban J connectivity index is 1.70. The number of aliphatic hydroxyl groups is 1. The number of aryl methyl sites for hydroxylation is 3. The number of benzene rings is 1. The summed E-state index contributed by atoms with van der Waals surface area (Å²) in [5, 5.41) is 12.8. The quantitative estimate of drug-likeness (QED) is 0.460. The van der Waals surface area contributed by atoms with Crippen LogP contribution in [0.5, 0.6) is 5.75 Å². The van der Waals surface area contributed by atoms with Gasteiger partial charge in [-0.05, 0) is 42.9 Å². The molecule has 1 saturated heterocycles. The molecule has 2 amide bonds. The number of aromatic nitrogens is 2. The number of hydrogen-bond donors (Lipinski definition) is 2. The maximum Gasteiger partial charge on any atom is 0.272 e. The summed E-state index contributed by atoms with van der Waals surface area (Å²) in [4.78, 5) is 31.7. The van der Waals surface area contributed by atoms with Crippen LogP contribution in [0.4, 0.5) is 4.39 Å². The zero-order valence-electron chi connectivity index (χ0n) is 21.7. The van der Waals surface area contributed by atoms with E-state index in [1.54, 1.807) is 16.5 Å². The number of piperidine rings is 1. The van der Waals surface area contributed by atoms with E-state index >= 15 is 0 Å². The first-order valence-corrected chi connectivity index (χ1v) is 12.9. The van der Waals surface area contributed by atoms with E-state index in [-0.39, 0.29) is 24.5 Å². The minimum atomic E-state index is -0.680. The lowest BCUT2D eigenvalue weighted by atomic mass is 9.99.